The Bertz CT molecular complexity index is 1160. The fourth-order valence-electron chi connectivity index (χ4n) is 3.35. The monoisotopic (exact) mass is 452 g/mol. The molecule has 4 aromatic carbocycles. The smallest absolute Gasteiger partial charge is 0.338 e. The van der Waals surface area contributed by atoms with Crippen LogP contribution in [0.1, 0.15) is 37.4 Å². The lowest BCUT2D eigenvalue weighted by Gasteiger charge is -2.15. The van der Waals surface area contributed by atoms with E-state index < -0.39 is 5.97 Å². The molecular formula is C29H24O5. The van der Waals surface area contributed by atoms with E-state index in [1.807, 2.05) is 91.0 Å². The van der Waals surface area contributed by atoms with Crippen LogP contribution in [0.4, 0.5) is 0 Å². The highest BCUT2D eigenvalue weighted by atomic mass is 16.5. The van der Waals surface area contributed by atoms with Gasteiger partial charge in [0, 0.05) is 0 Å². The van der Waals surface area contributed by atoms with Crippen molar-refractivity contribution in [3.8, 4) is 11.5 Å². The molecule has 4 aromatic rings. The second-order valence-electron chi connectivity index (χ2n) is 7.61. The van der Waals surface area contributed by atoms with Crippen molar-refractivity contribution in [2.24, 2.45) is 0 Å². The zero-order valence-corrected chi connectivity index (χ0v) is 18.6. The molecule has 0 atom stereocenters. The molecular weight excluding hydrogens is 428 g/mol. The van der Waals surface area contributed by atoms with Crippen molar-refractivity contribution in [2.45, 2.75) is 19.8 Å². The van der Waals surface area contributed by atoms with Crippen molar-refractivity contribution in [2.75, 3.05) is 0 Å². The standard InChI is InChI=1S/C29H24O5/c30-18-26-27(32-19-22-10-4-1-5-11-22)16-25(29(31)34-21-24-14-8-3-9-15-24)17-28(26)33-20-23-12-6-2-7-13-23/h1-18H,19-21H2. The molecule has 34 heavy (non-hydrogen) atoms. The average molecular weight is 453 g/mol. The van der Waals surface area contributed by atoms with Gasteiger partial charge in [-0.05, 0) is 28.8 Å². The summed E-state index contributed by atoms with van der Waals surface area (Å²) in [6, 6.07) is 31.6. The van der Waals surface area contributed by atoms with E-state index in [1.165, 1.54) is 12.1 Å². The lowest BCUT2D eigenvalue weighted by atomic mass is 10.1. The van der Waals surface area contributed by atoms with Crippen LogP contribution in [0.5, 0.6) is 11.5 Å². The van der Waals surface area contributed by atoms with Crippen molar-refractivity contribution < 1.29 is 23.8 Å². The number of carbonyl (C=O) groups excluding carboxylic acids is 2. The summed E-state index contributed by atoms with van der Waals surface area (Å²) < 4.78 is 17.4. The number of rotatable bonds is 10. The zero-order chi connectivity index (χ0) is 23.6. The molecule has 0 radical (unpaired) electrons. The van der Waals surface area contributed by atoms with E-state index in [-0.39, 0.29) is 42.4 Å². The van der Waals surface area contributed by atoms with Gasteiger partial charge in [-0.25, -0.2) is 4.79 Å². The van der Waals surface area contributed by atoms with Crippen LogP contribution in [0.3, 0.4) is 0 Å². The van der Waals surface area contributed by atoms with Crippen LogP contribution in [-0.2, 0) is 24.6 Å². The Balaban J connectivity index is 1.59. The molecule has 170 valence electrons. The summed E-state index contributed by atoms with van der Waals surface area (Å²) in [6.07, 6.45) is 0.680. The summed E-state index contributed by atoms with van der Waals surface area (Å²) in [5.74, 6) is -0.0115. The zero-order valence-electron chi connectivity index (χ0n) is 18.6. The fraction of sp³-hybridized carbons (Fsp3) is 0.103. The molecule has 0 amide bonds. The number of hydrogen-bond donors (Lipinski definition) is 0. The van der Waals surface area contributed by atoms with Crippen molar-refractivity contribution in [3.63, 3.8) is 0 Å². The minimum atomic E-state index is -0.532. The molecule has 0 saturated carbocycles. The van der Waals surface area contributed by atoms with Crippen molar-refractivity contribution in [1.29, 1.82) is 0 Å². The predicted molar refractivity (Wildman–Crippen MR) is 129 cm³/mol. The maximum absolute atomic E-state index is 12.8. The third-order valence-electron chi connectivity index (χ3n) is 5.14. The molecule has 0 N–H and O–H groups in total. The van der Waals surface area contributed by atoms with Crippen LogP contribution >= 0.6 is 0 Å². The molecule has 0 unspecified atom stereocenters. The van der Waals surface area contributed by atoms with E-state index in [0.717, 1.165) is 16.7 Å². The molecule has 0 bridgehead atoms. The summed E-state index contributed by atoms with van der Waals surface area (Å²) in [5, 5.41) is 0. The first-order valence-electron chi connectivity index (χ1n) is 10.9. The molecule has 0 fully saturated rings. The Morgan fingerprint density at radius 3 is 1.44 bits per heavy atom. The third kappa shape index (κ3) is 6.11. The molecule has 0 saturated heterocycles. The molecule has 4 rings (SSSR count). The highest BCUT2D eigenvalue weighted by molar-refractivity contribution is 5.94. The van der Waals surface area contributed by atoms with Crippen LogP contribution < -0.4 is 9.47 Å². The highest BCUT2D eigenvalue weighted by Crippen LogP contribution is 2.31. The number of hydrogen-bond acceptors (Lipinski definition) is 5. The molecule has 0 heterocycles. The van der Waals surface area contributed by atoms with Gasteiger partial charge in [-0.15, -0.1) is 0 Å². The van der Waals surface area contributed by atoms with Crippen molar-refractivity contribution in [1.82, 2.24) is 0 Å². The lowest BCUT2D eigenvalue weighted by Crippen LogP contribution is -2.09. The number of ether oxygens (including phenoxy) is 3. The number of benzene rings is 4. The molecule has 5 heteroatoms. The second-order valence-corrected chi connectivity index (χ2v) is 7.61. The largest absolute Gasteiger partial charge is 0.488 e. The maximum atomic E-state index is 12.8. The molecule has 0 spiro atoms. The van der Waals surface area contributed by atoms with Crippen molar-refractivity contribution in [3.05, 3.63) is 131 Å². The first-order valence-corrected chi connectivity index (χ1v) is 10.9. The lowest BCUT2D eigenvalue weighted by molar-refractivity contribution is 0.0471. The van der Waals surface area contributed by atoms with Crippen LogP contribution in [-0.4, -0.2) is 12.3 Å². The van der Waals surface area contributed by atoms with Gasteiger partial charge in [0.2, 0.25) is 0 Å². The Morgan fingerprint density at radius 1 is 0.618 bits per heavy atom. The third-order valence-corrected chi connectivity index (χ3v) is 5.14. The van der Waals surface area contributed by atoms with Gasteiger partial charge in [0.05, 0.1) is 11.1 Å². The first-order chi connectivity index (χ1) is 16.7. The van der Waals surface area contributed by atoms with Gasteiger partial charge in [0.15, 0.2) is 6.29 Å². The maximum Gasteiger partial charge on any atom is 0.338 e. The van der Waals surface area contributed by atoms with E-state index in [4.69, 9.17) is 14.2 Å². The fourth-order valence-corrected chi connectivity index (χ4v) is 3.35. The molecule has 0 aliphatic heterocycles. The average Bonchev–Trinajstić information content (AvgIpc) is 2.90. The van der Waals surface area contributed by atoms with Crippen molar-refractivity contribution >= 4 is 12.3 Å². The Kier molecular flexibility index (Phi) is 7.70. The number of carbonyl (C=O) groups is 2. The Morgan fingerprint density at radius 2 is 1.03 bits per heavy atom. The van der Waals surface area contributed by atoms with Gasteiger partial charge < -0.3 is 14.2 Å². The Labute approximate surface area is 198 Å². The van der Waals surface area contributed by atoms with Gasteiger partial charge in [0.25, 0.3) is 0 Å². The van der Waals surface area contributed by atoms with Gasteiger partial charge >= 0.3 is 5.97 Å². The minimum absolute atomic E-state index is 0.134. The number of aldehydes is 1. The SMILES string of the molecule is O=Cc1c(OCc2ccccc2)cc(C(=O)OCc2ccccc2)cc1OCc1ccccc1. The molecule has 0 aromatic heterocycles. The quantitative estimate of drug-likeness (QED) is 0.218. The van der Waals surface area contributed by atoms with Crippen LogP contribution in [0, 0.1) is 0 Å². The normalized spacial score (nSPS) is 10.4. The first kappa shape index (κ1) is 22.8. The minimum Gasteiger partial charge on any atom is -0.488 e. The van der Waals surface area contributed by atoms with Gasteiger partial charge in [-0.2, -0.15) is 0 Å². The van der Waals surface area contributed by atoms with Gasteiger partial charge in [-0.1, -0.05) is 91.0 Å². The van der Waals surface area contributed by atoms with Crippen LogP contribution in [0.15, 0.2) is 103 Å². The molecule has 5 nitrogen and oxygen atoms in total. The molecule has 0 aliphatic rings. The predicted octanol–water partition coefficient (Wildman–Crippen LogP) is 6.01. The number of esters is 1. The Hall–Kier alpha value is -4.38. The van der Waals surface area contributed by atoms with E-state index in [1.54, 1.807) is 0 Å². The van der Waals surface area contributed by atoms with Gasteiger partial charge in [-0.3, -0.25) is 4.79 Å². The molecule has 0 aliphatic carbocycles. The van der Waals surface area contributed by atoms with E-state index in [2.05, 4.69) is 0 Å². The second kappa shape index (κ2) is 11.5. The summed E-state index contributed by atoms with van der Waals surface area (Å²) >= 11 is 0. The summed E-state index contributed by atoms with van der Waals surface area (Å²) in [7, 11) is 0. The van der Waals surface area contributed by atoms with Crippen LogP contribution in [0.25, 0.3) is 0 Å². The van der Waals surface area contributed by atoms with E-state index in [9.17, 15) is 9.59 Å². The summed E-state index contributed by atoms with van der Waals surface area (Å²) in [6.45, 7) is 0.611. The summed E-state index contributed by atoms with van der Waals surface area (Å²) in [4.78, 5) is 24.8. The highest BCUT2D eigenvalue weighted by Gasteiger charge is 2.18. The topological polar surface area (TPSA) is 61.8 Å². The summed E-state index contributed by atoms with van der Waals surface area (Å²) in [5.41, 5.74) is 3.23. The van der Waals surface area contributed by atoms with E-state index in [0.29, 0.717) is 6.29 Å². The van der Waals surface area contributed by atoms with Gasteiger partial charge in [0.1, 0.15) is 31.3 Å². The van der Waals surface area contributed by atoms with Crippen LogP contribution in [0.2, 0.25) is 0 Å². The van der Waals surface area contributed by atoms with E-state index >= 15 is 0 Å².